The molecule has 0 radical (unpaired) electrons. The molecule has 1 fully saturated rings. The van der Waals surface area contributed by atoms with E-state index in [0.29, 0.717) is 28.7 Å². The number of hydrogen-bond donors (Lipinski definition) is 2. The van der Waals surface area contributed by atoms with Crippen molar-refractivity contribution in [2.45, 2.75) is 13.0 Å². The Morgan fingerprint density at radius 2 is 2.07 bits per heavy atom. The molecule has 1 aliphatic rings. The Labute approximate surface area is 154 Å². The van der Waals surface area contributed by atoms with Gasteiger partial charge in [-0.05, 0) is 37.3 Å². The lowest BCUT2D eigenvalue weighted by Gasteiger charge is -2.12. The number of hydrogen-bond acceptors (Lipinski definition) is 3. The zero-order chi connectivity index (χ0) is 19.0. The number of H-pyrrole nitrogens is 1. The number of amides is 2. The number of anilines is 1. The van der Waals surface area contributed by atoms with Gasteiger partial charge < -0.3 is 15.0 Å². The standard InChI is InChI=1S/C20H18FN3O3/c1-12-18(16-9-13(21)7-8-17(16)23-12)19(25)22-10-15-11-24(20(26)27-15)14-5-3-2-4-6-14/h2-9,15,23H,10-11H2,1H3,(H,22,25). The van der Waals surface area contributed by atoms with Crippen molar-refractivity contribution in [2.24, 2.45) is 0 Å². The number of para-hydroxylation sites is 1. The number of rotatable bonds is 4. The summed E-state index contributed by atoms with van der Waals surface area (Å²) in [6.07, 6.45) is -0.894. The molecule has 0 aliphatic carbocycles. The van der Waals surface area contributed by atoms with Crippen LogP contribution in [0.5, 0.6) is 0 Å². The maximum atomic E-state index is 13.6. The van der Waals surface area contributed by atoms with Crippen molar-refractivity contribution in [1.82, 2.24) is 10.3 Å². The van der Waals surface area contributed by atoms with Crippen LogP contribution in [0.1, 0.15) is 16.1 Å². The van der Waals surface area contributed by atoms with Crippen molar-refractivity contribution in [3.8, 4) is 0 Å². The van der Waals surface area contributed by atoms with Crippen LogP contribution in [0.3, 0.4) is 0 Å². The van der Waals surface area contributed by atoms with Crippen molar-refractivity contribution in [3.05, 3.63) is 65.6 Å². The molecule has 1 aliphatic heterocycles. The van der Waals surface area contributed by atoms with E-state index in [9.17, 15) is 14.0 Å². The molecule has 2 amide bonds. The number of nitrogens with one attached hydrogen (secondary N) is 2. The second-order valence-electron chi connectivity index (χ2n) is 6.48. The summed E-state index contributed by atoms with van der Waals surface area (Å²) < 4.78 is 18.9. The predicted octanol–water partition coefficient (Wildman–Crippen LogP) is 3.37. The minimum absolute atomic E-state index is 0.176. The Morgan fingerprint density at radius 1 is 1.30 bits per heavy atom. The molecule has 2 heterocycles. The van der Waals surface area contributed by atoms with E-state index >= 15 is 0 Å². The highest BCUT2D eigenvalue weighted by atomic mass is 19.1. The summed E-state index contributed by atoms with van der Waals surface area (Å²) in [4.78, 5) is 29.3. The van der Waals surface area contributed by atoms with Gasteiger partial charge in [-0.1, -0.05) is 18.2 Å². The highest BCUT2D eigenvalue weighted by Crippen LogP contribution is 2.24. The third-order valence-electron chi connectivity index (χ3n) is 4.61. The summed E-state index contributed by atoms with van der Waals surface area (Å²) in [5.41, 5.74) is 2.50. The van der Waals surface area contributed by atoms with Crippen molar-refractivity contribution >= 4 is 28.6 Å². The van der Waals surface area contributed by atoms with Crippen LogP contribution in [0.2, 0.25) is 0 Å². The first-order chi connectivity index (χ1) is 13.0. The lowest BCUT2D eigenvalue weighted by Crippen LogP contribution is -2.34. The van der Waals surface area contributed by atoms with Gasteiger partial charge in [0.05, 0.1) is 18.7 Å². The summed E-state index contributed by atoms with van der Waals surface area (Å²) in [6, 6.07) is 13.5. The number of aryl methyl sites for hydroxylation is 1. The van der Waals surface area contributed by atoms with Crippen LogP contribution in [0.15, 0.2) is 48.5 Å². The van der Waals surface area contributed by atoms with Crippen molar-refractivity contribution < 1.29 is 18.7 Å². The number of aromatic nitrogens is 1. The number of ether oxygens (including phenoxy) is 1. The van der Waals surface area contributed by atoms with E-state index in [-0.39, 0.29) is 12.5 Å². The van der Waals surface area contributed by atoms with Crippen molar-refractivity contribution in [2.75, 3.05) is 18.0 Å². The molecule has 0 bridgehead atoms. The van der Waals surface area contributed by atoms with E-state index in [0.717, 1.165) is 5.69 Å². The first kappa shape index (κ1) is 17.1. The molecule has 27 heavy (non-hydrogen) atoms. The maximum Gasteiger partial charge on any atom is 0.414 e. The molecular formula is C20H18FN3O3. The van der Waals surface area contributed by atoms with Gasteiger partial charge in [-0.15, -0.1) is 0 Å². The molecule has 1 aromatic heterocycles. The van der Waals surface area contributed by atoms with Crippen molar-refractivity contribution in [1.29, 1.82) is 0 Å². The van der Waals surface area contributed by atoms with Gasteiger partial charge in [0, 0.05) is 22.3 Å². The fourth-order valence-corrected chi connectivity index (χ4v) is 3.33. The summed E-state index contributed by atoms with van der Waals surface area (Å²) in [5, 5.41) is 3.31. The van der Waals surface area contributed by atoms with E-state index in [1.165, 1.54) is 17.0 Å². The lowest BCUT2D eigenvalue weighted by molar-refractivity contribution is 0.0917. The Kier molecular flexibility index (Phi) is 4.27. The first-order valence-electron chi connectivity index (χ1n) is 8.62. The number of carbonyl (C=O) groups is 2. The highest BCUT2D eigenvalue weighted by molar-refractivity contribution is 6.08. The number of aromatic amines is 1. The van der Waals surface area contributed by atoms with Gasteiger partial charge in [0.2, 0.25) is 0 Å². The van der Waals surface area contributed by atoms with Crippen LogP contribution in [-0.2, 0) is 4.74 Å². The Morgan fingerprint density at radius 3 is 2.85 bits per heavy atom. The molecule has 1 atom stereocenters. The normalized spacial score (nSPS) is 16.6. The van der Waals surface area contributed by atoms with Crippen LogP contribution in [0.25, 0.3) is 10.9 Å². The molecule has 1 unspecified atom stereocenters. The number of fused-ring (bicyclic) bond motifs is 1. The van der Waals surface area contributed by atoms with Gasteiger partial charge in [0.1, 0.15) is 11.9 Å². The summed E-state index contributed by atoms with van der Waals surface area (Å²) in [7, 11) is 0. The van der Waals surface area contributed by atoms with Gasteiger partial charge in [-0.2, -0.15) is 0 Å². The quantitative estimate of drug-likeness (QED) is 0.742. The smallest absolute Gasteiger partial charge is 0.414 e. The summed E-state index contributed by atoms with van der Waals surface area (Å²) in [6.45, 7) is 2.29. The summed E-state index contributed by atoms with van der Waals surface area (Å²) in [5.74, 6) is -0.739. The van der Waals surface area contributed by atoms with Crippen molar-refractivity contribution in [3.63, 3.8) is 0 Å². The molecule has 138 valence electrons. The largest absolute Gasteiger partial charge is 0.442 e. The van der Waals surface area contributed by atoms with E-state index in [4.69, 9.17) is 4.74 Å². The minimum atomic E-state index is -0.455. The Bertz CT molecular complexity index is 1020. The second-order valence-corrected chi connectivity index (χ2v) is 6.48. The number of carbonyl (C=O) groups excluding carboxylic acids is 2. The van der Waals surface area contributed by atoms with E-state index in [2.05, 4.69) is 10.3 Å². The monoisotopic (exact) mass is 367 g/mol. The number of benzene rings is 2. The zero-order valence-electron chi connectivity index (χ0n) is 14.7. The van der Waals surface area contributed by atoms with Gasteiger partial charge in [-0.25, -0.2) is 9.18 Å². The first-order valence-corrected chi connectivity index (χ1v) is 8.62. The zero-order valence-corrected chi connectivity index (χ0v) is 14.7. The van der Waals surface area contributed by atoms with Crippen LogP contribution < -0.4 is 10.2 Å². The molecule has 6 nitrogen and oxygen atoms in total. The Balaban J connectivity index is 1.45. The molecule has 7 heteroatoms. The van der Waals surface area contributed by atoms with E-state index in [1.54, 1.807) is 13.0 Å². The predicted molar refractivity (Wildman–Crippen MR) is 99.4 cm³/mol. The third-order valence-corrected chi connectivity index (χ3v) is 4.61. The van der Waals surface area contributed by atoms with Crippen LogP contribution in [0.4, 0.5) is 14.9 Å². The molecule has 3 aromatic rings. The molecule has 0 saturated carbocycles. The van der Waals surface area contributed by atoms with Gasteiger partial charge in [0.15, 0.2) is 0 Å². The fraction of sp³-hybridized carbons (Fsp3) is 0.200. The topological polar surface area (TPSA) is 74.4 Å². The molecule has 2 N–H and O–H groups in total. The van der Waals surface area contributed by atoms with Gasteiger partial charge in [-0.3, -0.25) is 9.69 Å². The van der Waals surface area contributed by atoms with Gasteiger partial charge in [0.25, 0.3) is 5.91 Å². The van der Waals surface area contributed by atoms with E-state index < -0.39 is 18.0 Å². The third kappa shape index (κ3) is 3.23. The SMILES string of the molecule is Cc1[nH]c2ccc(F)cc2c1C(=O)NCC1CN(c2ccccc2)C(=O)O1. The highest BCUT2D eigenvalue weighted by Gasteiger charge is 2.32. The minimum Gasteiger partial charge on any atom is -0.442 e. The average molecular weight is 367 g/mol. The van der Waals surface area contributed by atoms with Gasteiger partial charge >= 0.3 is 6.09 Å². The Hall–Kier alpha value is -3.35. The summed E-state index contributed by atoms with van der Waals surface area (Å²) >= 11 is 0. The second kappa shape index (κ2) is 6.75. The maximum absolute atomic E-state index is 13.6. The molecule has 1 saturated heterocycles. The van der Waals surface area contributed by atoms with Crippen LogP contribution in [-0.4, -0.2) is 36.2 Å². The molecule has 2 aromatic carbocycles. The fourth-order valence-electron chi connectivity index (χ4n) is 3.33. The van der Waals surface area contributed by atoms with Crippen LogP contribution >= 0.6 is 0 Å². The lowest BCUT2D eigenvalue weighted by atomic mass is 10.1. The number of halogens is 1. The molecule has 4 rings (SSSR count). The van der Waals surface area contributed by atoms with E-state index in [1.807, 2.05) is 30.3 Å². The number of nitrogens with zero attached hydrogens (tertiary/aromatic N) is 1. The van der Waals surface area contributed by atoms with Crippen LogP contribution in [0, 0.1) is 12.7 Å². The molecule has 0 spiro atoms. The number of cyclic esters (lactones) is 1. The average Bonchev–Trinajstić information content (AvgIpc) is 3.19. The molecular weight excluding hydrogens is 349 g/mol.